The first kappa shape index (κ1) is 16.6. The lowest BCUT2D eigenvalue weighted by molar-refractivity contribution is -0.139. The van der Waals surface area contributed by atoms with Gasteiger partial charge in [0.1, 0.15) is 15.9 Å². The van der Waals surface area contributed by atoms with E-state index in [1.54, 1.807) is 0 Å². The number of methoxy groups -OCH3 is 1. The molecular formula is C9H18N2O6S. The van der Waals surface area contributed by atoms with E-state index in [0.717, 1.165) is 6.26 Å². The number of carboxylic acid groups (broad SMARTS) is 1. The van der Waals surface area contributed by atoms with Gasteiger partial charge in [-0.05, 0) is 6.42 Å². The molecular weight excluding hydrogens is 264 g/mol. The van der Waals surface area contributed by atoms with Crippen LogP contribution in [0.25, 0.3) is 0 Å². The van der Waals surface area contributed by atoms with Crippen LogP contribution in [0, 0.1) is 0 Å². The number of nitrogens with one attached hydrogen (secondary N) is 2. The maximum atomic E-state index is 11.3. The standard InChI is InChI=1S/C9H18N2O6S/c1-17-5-4-10-9(14)11-7(8(12)13)3-6-18(2,15)16/h7H,3-6H2,1-2H3,(H,12,13)(H2,10,11,14). The van der Waals surface area contributed by atoms with Crippen LogP contribution in [-0.4, -0.2) is 63.8 Å². The average Bonchev–Trinajstić information content (AvgIpc) is 2.22. The molecule has 0 aliphatic rings. The zero-order chi connectivity index (χ0) is 14.2. The van der Waals surface area contributed by atoms with Gasteiger partial charge in [-0.2, -0.15) is 0 Å². The minimum absolute atomic E-state index is 0.175. The second-order valence-corrected chi connectivity index (χ2v) is 5.96. The van der Waals surface area contributed by atoms with Crippen molar-refractivity contribution in [3.63, 3.8) is 0 Å². The lowest BCUT2D eigenvalue weighted by Crippen LogP contribution is -2.47. The molecule has 8 nitrogen and oxygen atoms in total. The number of amides is 2. The molecule has 1 atom stereocenters. The Hall–Kier alpha value is -1.35. The first-order chi connectivity index (χ1) is 8.26. The van der Waals surface area contributed by atoms with Crippen LogP contribution in [0.2, 0.25) is 0 Å². The summed E-state index contributed by atoms with van der Waals surface area (Å²) >= 11 is 0. The van der Waals surface area contributed by atoms with Crippen molar-refractivity contribution in [2.45, 2.75) is 12.5 Å². The molecule has 0 aromatic rings. The van der Waals surface area contributed by atoms with Crippen molar-refractivity contribution in [1.82, 2.24) is 10.6 Å². The quantitative estimate of drug-likeness (QED) is 0.482. The molecule has 0 bridgehead atoms. The molecule has 0 spiro atoms. The summed E-state index contributed by atoms with van der Waals surface area (Å²) in [6.45, 7) is 0.537. The highest BCUT2D eigenvalue weighted by Crippen LogP contribution is 1.97. The smallest absolute Gasteiger partial charge is 0.326 e. The monoisotopic (exact) mass is 282 g/mol. The van der Waals surface area contributed by atoms with E-state index in [4.69, 9.17) is 9.84 Å². The van der Waals surface area contributed by atoms with Crippen molar-refractivity contribution in [1.29, 1.82) is 0 Å². The van der Waals surface area contributed by atoms with Crippen LogP contribution in [-0.2, 0) is 19.4 Å². The van der Waals surface area contributed by atoms with Crippen LogP contribution < -0.4 is 10.6 Å². The zero-order valence-electron chi connectivity index (χ0n) is 10.3. The first-order valence-corrected chi connectivity index (χ1v) is 7.26. The van der Waals surface area contributed by atoms with Crippen molar-refractivity contribution in [3.8, 4) is 0 Å². The number of aliphatic carboxylic acids is 1. The average molecular weight is 282 g/mol. The molecule has 0 saturated heterocycles. The summed E-state index contributed by atoms with van der Waals surface area (Å²) in [5.41, 5.74) is 0. The fraction of sp³-hybridized carbons (Fsp3) is 0.778. The van der Waals surface area contributed by atoms with Gasteiger partial charge < -0.3 is 20.5 Å². The number of hydrogen-bond donors (Lipinski definition) is 3. The number of hydrogen-bond acceptors (Lipinski definition) is 5. The van der Waals surface area contributed by atoms with Gasteiger partial charge in [-0.1, -0.05) is 0 Å². The normalized spacial score (nSPS) is 12.8. The van der Waals surface area contributed by atoms with Gasteiger partial charge in [0.25, 0.3) is 0 Å². The molecule has 0 rings (SSSR count). The summed E-state index contributed by atoms with van der Waals surface area (Å²) in [7, 11) is -1.80. The van der Waals surface area contributed by atoms with Crippen molar-refractivity contribution >= 4 is 21.8 Å². The van der Waals surface area contributed by atoms with E-state index in [1.165, 1.54) is 7.11 Å². The van der Waals surface area contributed by atoms with Gasteiger partial charge in [0.15, 0.2) is 0 Å². The summed E-state index contributed by atoms with van der Waals surface area (Å²) in [6, 6.07) is -1.91. The molecule has 0 aromatic carbocycles. The molecule has 9 heteroatoms. The van der Waals surface area contributed by atoms with Crippen molar-refractivity contribution in [2.75, 3.05) is 32.3 Å². The number of rotatable bonds is 8. The van der Waals surface area contributed by atoms with Gasteiger partial charge in [0.05, 0.1) is 12.4 Å². The van der Waals surface area contributed by atoms with E-state index in [9.17, 15) is 18.0 Å². The Morgan fingerprint density at radius 1 is 1.39 bits per heavy atom. The van der Waals surface area contributed by atoms with Crippen LogP contribution in [0.15, 0.2) is 0 Å². The molecule has 0 saturated carbocycles. The Morgan fingerprint density at radius 2 is 2.00 bits per heavy atom. The van der Waals surface area contributed by atoms with Crippen LogP contribution >= 0.6 is 0 Å². The van der Waals surface area contributed by atoms with Crippen LogP contribution in [0.1, 0.15) is 6.42 Å². The van der Waals surface area contributed by atoms with Gasteiger partial charge in [-0.3, -0.25) is 0 Å². The summed E-state index contributed by atoms with van der Waals surface area (Å²) in [4.78, 5) is 22.1. The topological polar surface area (TPSA) is 122 Å². The Bertz CT molecular complexity index is 381. The molecule has 0 fully saturated rings. The number of carboxylic acids is 1. The predicted molar refractivity (Wildman–Crippen MR) is 64.2 cm³/mol. The maximum Gasteiger partial charge on any atom is 0.326 e. The van der Waals surface area contributed by atoms with E-state index in [1.807, 2.05) is 0 Å². The lowest BCUT2D eigenvalue weighted by Gasteiger charge is -2.14. The number of sulfone groups is 1. The van der Waals surface area contributed by atoms with Gasteiger partial charge in [-0.15, -0.1) is 0 Å². The van der Waals surface area contributed by atoms with Gasteiger partial charge in [0, 0.05) is 19.9 Å². The van der Waals surface area contributed by atoms with Gasteiger partial charge in [-0.25, -0.2) is 18.0 Å². The third-order valence-corrected chi connectivity index (χ3v) is 2.95. The van der Waals surface area contributed by atoms with Crippen molar-refractivity contribution in [2.24, 2.45) is 0 Å². The molecule has 1 unspecified atom stereocenters. The highest BCUT2D eigenvalue weighted by molar-refractivity contribution is 7.90. The number of carbonyl (C=O) groups excluding carboxylic acids is 1. The van der Waals surface area contributed by atoms with E-state index in [-0.39, 0.29) is 18.7 Å². The summed E-state index contributed by atoms with van der Waals surface area (Å²) in [6.07, 6.45) is 0.830. The SMILES string of the molecule is COCCNC(=O)NC(CCS(C)(=O)=O)C(=O)O. The number of ether oxygens (including phenoxy) is 1. The summed E-state index contributed by atoms with van der Waals surface area (Å²) in [5.74, 6) is -1.58. The molecule has 0 radical (unpaired) electrons. The molecule has 3 N–H and O–H groups in total. The minimum atomic E-state index is -3.26. The Labute approximate surface area is 106 Å². The third-order valence-electron chi connectivity index (χ3n) is 1.97. The molecule has 106 valence electrons. The van der Waals surface area contributed by atoms with E-state index < -0.39 is 27.9 Å². The molecule has 0 aliphatic heterocycles. The fourth-order valence-electron chi connectivity index (χ4n) is 1.07. The van der Waals surface area contributed by atoms with Crippen molar-refractivity contribution < 1.29 is 27.9 Å². The van der Waals surface area contributed by atoms with Crippen LogP contribution in [0.4, 0.5) is 4.79 Å². The molecule has 18 heavy (non-hydrogen) atoms. The number of urea groups is 1. The second-order valence-electron chi connectivity index (χ2n) is 3.70. The van der Waals surface area contributed by atoms with Crippen molar-refractivity contribution in [3.05, 3.63) is 0 Å². The third kappa shape index (κ3) is 8.76. The van der Waals surface area contributed by atoms with Crippen LogP contribution in [0.3, 0.4) is 0 Å². The number of carbonyl (C=O) groups is 2. The fourth-order valence-corrected chi connectivity index (χ4v) is 1.73. The van der Waals surface area contributed by atoms with Gasteiger partial charge >= 0.3 is 12.0 Å². The minimum Gasteiger partial charge on any atom is -0.480 e. The zero-order valence-corrected chi connectivity index (χ0v) is 11.1. The summed E-state index contributed by atoms with van der Waals surface area (Å²) in [5, 5.41) is 13.4. The highest BCUT2D eigenvalue weighted by Gasteiger charge is 2.21. The van der Waals surface area contributed by atoms with E-state index in [0.29, 0.717) is 6.61 Å². The van der Waals surface area contributed by atoms with E-state index >= 15 is 0 Å². The molecule has 2 amide bonds. The van der Waals surface area contributed by atoms with Gasteiger partial charge in [0.2, 0.25) is 0 Å². The second kappa shape index (κ2) is 7.88. The Kier molecular flexibility index (Phi) is 7.29. The maximum absolute atomic E-state index is 11.3. The molecule has 0 aromatic heterocycles. The summed E-state index contributed by atoms with van der Waals surface area (Å²) < 4.78 is 26.5. The van der Waals surface area contributed by atoms with Crippen LogP contribution in [0.5, 0.6) is 0 Å². The lowest BCUT2D eigenvalue weighted by atomic mass is 10.2. The Morgan fingerprint density at radius 3 is 2.44 bits per heavy atom. The van der Waals surface area contributed by atoms with E-state index in [2.05, 4.69) is 10.6 Å². The molecule has 0 aliphatic carbocycles. The Balaban J connectivity index is 4.19. The predicted octanol–water partition coefficient (Wildman–Crippen LogP) is -1.18. The first-order valence-electron chi connectivity index (χ1n) is 5.20. The largest absolute Gasteiger partial charge is 0.480 e. The molecule has 0 heterocycles. The highest BCUT2D eigenvalue weighted by atomic mass is 32.2.